The monoisotopic (exact) mass is 585 g/mol. The summed E-state index contributed by atoms with van der Waals surface area (Å²) in [5.74, 6) is 0. The molecule has 0 fully saturated rings. The third kappa shape index (κ3) is 3.95. The van der Waals surface area contributed by atoms with Crippen molar-refractivity contribution in [2.24, 2.45) is 0 Å². The summed E-state index contributed by atoms with van der Waals surface area (Å²) in [6, 6.07) is 66.2. The van der Waals surface area contributed by atoms with E-state index < -0.39 is 5.41 Å². The van der Waals surface area contributed by atoms with Gasteiger partial charge in [0.15, 0.2) is 0 Å². The van der Waals surface area contributed by atoms with Crippen LogP contribution in [-0.4, -0.2) is 0 Å². The fourth-order valence-electron chi connectivity index (χ4n) is 7.69. The standard InChI is InChI=1S/C45H31N/c1-3-13-32(14-4-1)34-23-27-37(28-24-34)46(38-29-25-35(26-30-38)33-15-5-2-6-16-33)44-31-36-17-7-10-20-41(36)45(44)42-21-11-8-18-39(42)40-19-9-12-22-43(40)45/h1-31H. The summed E-state index contributed by atoms with van der Waals surface area (Å²) in [6.07, 6.45) is 2.42. The Morgan fingerprint density at radius 3 is 1.22 bits per heavy atom. The first-order valence-electron chi connectivity index (χ1n) is 15.9. The van der Waals surface area contributed by atoms with Crippen LogP contribution in [0.5, 0.6) is 0 Å². The summed E-state index contributed by atoms with van der Waals surface area (Å²) in [4.78, 5) is 2.49. The van der Waals surface area contributed by atoms with Crippen LogP contribution in [0.25, 0.3) is 39.5 Å². The molecule has 0 saturated carbocycles. The van der Waals surface area contributed by atoms with Crippen LogP contribution in [0.4, 0.5) is 11.4 Å². The van der Waals surface area contributed by atoms with Gasteiger partial charge in [-0.1, -0.05) is 158 Å². The molecular weight excluding hydrogens is 555 g/mol. The predicted octanol–water partition coefficient (Wildman–Crippen LogP) is 11.5. The molecule has 46 heavy (non-hydrogen) atoms. The summed E-state index contributed by atoms with van der Waals surface area (Å²) in [5.41, 5.74) is 15.8. The van der Waals surface area contributed by atoms with Gasteiger partial charge in [0, 0.05) is 17.1 Å². The van der Waals surface area contributed by atoms with Crippen molar-refractivity contribution in [1.29, 1.82) is 0 Å². The lowest BCUT2D eigenvalue weighted by Gasteiger charge is -2.39. The van der Waals surface area contributed by atoms with Gasteiger partial charge in [-0.2, -0.15) is 0 Å². The van der Waals surface area contributed by atoms with Crippen molar-refractivity contribution >= 4 is 17.5 Å². The molecule has 0 aromatic heterocycles. The van der Waals surface area contributed by atoms with Crippen LogP contribution in [0, 0.1) is 0 Å². The molecule has 1 nitrogen and oxygen atoms in total. The van der Waals surface area contributed by atoms with Gasteiger partial charge < -0.3 is 4.90 Å². The van der Waals surface area contributed by atoms with Gasteiger partial charge in [0.25, 0.3) is 0 Å². The summed E-state index contributed by atoms with van der Waals surface area (Å²) in [5, 5.41) is 0. The molecule has 0 unspecified atom stereocenters. The quantitative estimate of drug-likeness (QED) is 0.194. The Hall–Kier alpha value is -5.92. The average molecular weight is 586 g/mol. The molecule has 0 saturated heterocycles. The van der Waals surface area contributed by atoms with Crippen molar-refractivity contribution in [2.75, 3.05) is 4.90 Å². The first-order valence-corrected chi connectivity index (χ1v) is 15.9. The Balaban J connectivity index is 1.29. The molecule has 1 spiro atoms. The number of hydrogen-bond acceptors (Lipinski definition) is 1. The number of anilines is 2. The molecule has 0 atom stereocenters. The van der Waals surface area contributed by atoms with E-state index in [4.69, 9.17) is 0 Å². The van der Waals surface area contributed by atoms with Crippen LogP contribution in [0.2, 0.25) is 0 Å². The van der Waals surface area contributed by atoms with Crippen LogP contribution in [0.3, 0.4) is 0 Å². The van der Waals surface area contributed by atoms with Crippen molar-refractivity contribution < 1.29 is 0 Å². The number of allylic oxidation sites excluding steroid dienone is 1. The second kappa shape index (κ2) is 10.6. The van der Waals surface area contributed by atoms with E-state index >= 15 is 0 Å². The lowest BCUT2D eigenvalue weighted by atomic mass is 9.71. The average Bonchev–Trinajstić information content (AvgIpc) is 3.63. The van der Waals surface area contributed by atoms with E-state index in [1.807, 2.05) is 0 Å². The predicted molar refractivity (Wildman–Crippen MR) is 192 cm³/mol. The first kappa shape index (κ1) is 26.5. The Labute approximate surface area is 270 Å². The van der Waals surface area contributed by atoms with Crippen LogP contribution in [-0.2, 0) is 5.41 Å². The number of rotatable bonds is 5. The van der Waals surface area contributed by atoms with Crippen LogP contribution >= 0.6 is 0 Å². The van der Waals surface area contributed by atoms with E-state index in [1.54, 1.807) is 0 Å². The minimum Gasteiger partial charge on any atom is -0.313 e. The molecule has 1 heteroatoms. The second-order valence-corrected chi connectivity index (χ2v) is 12.1. The van der Waals surface area contributed by atoms with Crippen LogP contribution < -0.4 is 4.90 Å². The number of hydrogen-bond donors (Lipinski definition) is 0. The largest absolute Gasteiger partial charge is 0.313 e. The van der Waals surface area contributed by atoms with E-state index in [2.05, 4.69) is 193 Å². The number of fused-ring (bicyclic) bond motifs is 7. The lowest BCUT2D eigenvalue weighted by molar-refractivity contribution is 0.746. The van der Waals surface area contributed by atoms with Gasteiger partial charge in [0.1, 0.15) is 0 Å². The first-order chi connectivity index (χ1) is 22.8. The maximum Gasteiger partial charge on any atom is 0.0875 e. The molecular formula is C45H31N. The van der Waals surface area contributed by atoms with Gasteiger partial charge in [0.05, 0.1) is 5.41 Å². The molecule has 0 radical (unpaired) electrons. The third-order valence-corrected chi connectivity index (χ3v) is 9.70. The maximum atomic E-state index is 2.49. The van der Waals surface area contributed by atoms with E-state index in [0.29, 0.717) is 0 Å². The van der Waals surface area contributed by atoms with Crippen molar-refractivity contribution in [1.82, 2.24) is 0 Å². The minimum atomic E-state index is -0.458. The topological polar surface area (TPSA) is 3.24 Å². The number of nitrogens with zero attached hydrogens (tertiary/aromatic N) is 1. The fraction of sp³-hybridized carbons (Fsp3) is 0.0222. The Morgan fingerprint density at radius 1 is 0.326 bits per heavy atom. The van der Waals surface area contributed by atoms with Gasteiger partial charge in [-0.15, -0.1) is 0 Å². The van der Waals surface area contributed by atoms with E-state index in [1.165, 1.54) is 61.3 Å². The second-order valence-electron chi connectivity index (χ2n) is 12.1. The highest BCUT2D eigenvalue weighted by Crippen LogP contribution is 2.61. The molecule has 216 valence electrons. The van der Waals surface area contributed by atoms with Crippen LogP contribution in [0.15, 0.2) is 188 Å². The van der Waals surface area contributed by atoms with Gasteiger partial charge >= 0.3 is 0 Å². The maximum absolute atomic E-state index is 2.49. The molecule has 0 aliphatic heterocycles. The van der Waals surface area contributed by atoms with Crippen LogP contribution in [0.1, 0.15) is 22.3 Å². The van der Waals surface area contributed by atoms with E-state index in [-0.39, 0.29) is 0 Å². The smallest absolute Gasteiger partial charge is 0.0875 e. The lowest BCUT2D eigenvalue weighted by Crippen LogP contribution is -2.35. The highest BCUT2D eigenvalue weighted by atomic mass is 15.2. The molecule has 0 bridgehead atoms. The van der Waals surface area contributed by atoms with E-state index in [9.17, 15) is 0 Å². The zero-order valence-corrected chi connectivity index (χ0v) is 25.3. The Bertz CT molecular complexity index is 2100. The summed E-state index contributed by atoms with van der Waals surface area (Å²) in [6.45, 7) is 0. The zero-order valence-electron chi connectivity index (χ0n) is 25.3. The highest BCUT2D eigenvalue weighted by Gasteiger charge is 2.52. The van der Waals surface area contributed by atoms with Gasteiger partial charge in [-0.05, 0) is 86.0 Å². The Morgan fingerprint density at radius 2 is 0.717 bits per heavy atom. The van der Waals surface area contributed by atoms with Crippen molar-refractivity contribution in [3.05, 3.63) is 210 Å². The molecule has 7 aromatic rings. The third-order valence-electron chi connectivity index (χ3n) is 9.70. The fourth-order valence-corrected chi connectivity index (χ4v) is 7.69. The normalized spacial score (nSPS) is 13.5. The number of benzene rings is 7. The molecule has 2 aliphatic carbocycles. The van der Waals surface area contributed by atoms with Crippen molar-refractivity contribution in [3.63, 3.8) is 0 Å². The molecule has 0 heterocycles. The van der Waals surface area contributed by atoms with Crippen molar-refractivity contribution in [2.45, 2.75) is 5.41 Å². The molecule has 2 aliphatic rings. The van der Waals surface area contributed by atoms with Crippen molar-refractivity contribution in [3.8, 4) is 33.4 Å². The summed E-state index contributed by atoms with van der Waals surface area (Å²) in [7, 11) is 0. The molecule has 9 rings (SSSR count). The summed E-state index contributed by atoms with van der Waals surface area (Å²) >= 11 is 0. The molecule has 7 aromatic carbocycles. The summed E-state index contributed by atoms with van der Waals surface area (Å²) < 4.78 is 0. The molecule has 0 N–H and O–H groups in total. The van der Waals surface area contributed by atoms with Gasteiger partial charge in [0.2, 0.25) is 0 Å². The molecule has 0 amide bonds. The van der Waals surface area contributed by atoms with Gasteiger partial charge in [-0.25, -0.2) is 0 Å². The highest BCUT2D eigenvalue weighted by molar-refractivity contribution is 5.94. The minimum absolute atomic E-state index is 0.458. The van der Waals surface area contributed by atoms with Gasteiger partial charge in [-0.3, -0.25) is 0 Å². The zero-order chi connectivity index (χ0) is 30.5. The van der Waals surface area contributed by atoms with E-state index in [0.717, 1.165) is 11.4 Å². The SMILES string of the molecule is C1=C(N(c2ccc(-c3ccccc3)cc2)c2ccc(-c3ccccc3)cc2)C2(c3ccccc31)c1ccccc1-c1ccccc12. The Kier molecular flexibility index (Phi) is 6.11.